The highest BCUT2D eigenvalue weighted by Gasteiger charge is 2.43. The molecular weight excluding hydrogens is 432 g/mol. The van der Waals surface area contributed by atoms with Gasteiger partial charge in [-0.1, -0.05) is 44.2 Å². The van der Waals surface area contributed by atoms with Crippen LogP contribution in [0.15, 0.2) is 84.6 Å². The maximum atomic E-state index is 5.45. The lowest BCUT2D eigenvalue weighted by Gasteiger charge is -2.23. The van der Waals surface area contributed by atoms with Gasteiger partial charge in [0.05, 0.1) is 19.6 Å². The molecule has 182 valence electrons. The molecule has 0 unspecified atom stereocenters. The van der Waals surface area contributed by atoms with Gasteiger partial charge in [0.2, 0.25) is 5.69 Å². The van der Waals surface area contributed by atoms with Crippen LogP contribution in [0.1, 0.15) is 38.8 Å². The average Bonchev–Trinajstić information content (AvgIpc) is 3.15. The van der Waals surface area contributed by atoms with Crippen LogP contribution in [0.2, 0.25) is 0 Å². The molecule has 0 radical (unpaired) electrons. The number of allylic oxidation sites excluding steroid dienone is 8. The Labute approximate surface area is 210 Å². The van der Waals surface area contributed by atoms with Crippen molar-refractivity contribution in [2.24, 2.45) is 0 Å². The molecule has 2 aliphatic rings. The lowest BCUT2D eigenvalue weighted by molar-refractivity contribution is -0.401. The molecule has 0 amide bonds. The Morgan fingerprint density at radius 2 is 1.37 bits per heavy atom. The van der Waals surface area contributed by atoms with Gasteiger partial charge >= 0.3 is 0 Å². The van der Waals surface area contributed by atoms with Gasteiger partial charge < -0.3 is 14.4 Å². The predicted molar refractivity (Wildman–Crippen MR) is 147 cm³/mol. The molecule has 2 aliphatic heterocycles. The van der Waals surface area contributed by atoms with Gasteiger partial charge in [-0.15, -0.1) is 0 Å². The van der Waals surface area contributed by atoms with Crippen LogP contribution in [0.4, 0.5) is 11.4 Å². The van der Waals surface area contributed by atoms with Gasteiger partial charge in [0, 0.05) is 41.6 Å². The number of fused-ring (bicyclic) bond motifs is 2. The summed E-state index contributed by atoms with van der Waals surface area (Å²) in [6, 6.07) is 12.6. The summed E-state index contributed by atoms with van der Waals surface area (Å²) in [6.07, 6.45) is 14.9. The van der Waals surface area contributed by atoms with E-state index in [0.29, 0.717) is 0 Å². The average molecular weight is 470 g/mol. The maximum Gasteiger partial charge on any atom is 0.209 e. The van der Waals surface area contributed by atoms with Crippen molar-refractivity contribution in [3.63, 3.8) is 0 Å². The first kappa shape index (κ1) is 24.6. The van der Waals surface area contributed by atoms with E-state index in [0.717, 1.165) is 11.5 Å². The number of hydrogen-bond donors (Lipinski definition) is 0. The minimum atomic E-state index is -0.0838. The van der Waals surface area contributed by atoms with Gasteiger partial charge in [0.25, 0.3) is 0 Å². The second kappa shape index (κ2) is 9.26. The molecule has 0 bridgehead atoms. The van der Waals surface area contributed by atoms with E-state index in [2.05, 4.69) is 118 Å². The first-order valence-electron chi connectivity index (χ1n) is 12.1. The van der Waals surface area contributed by atoms with Crippen LogP contribution in [0.25, 0.3) is 0 Å². The number of ether oxygens (including phenoxy) is 2. The highest BCUT2D eigenvalue weighted by molar-refractivity contribution is 6.03. The van der Waals surface area contributed by atoms with Crippen molar-refractivity contribution >= 4 is 17.1 Å². The Balaban J connectivity index is 1.47. The summed E-state index contributed by atoms with van der Waals surface area (Å²) < 4.78 is 13.2. The summed E-state index contributed by atoms with van der Waals surface area (Å²) in [7, 11) is 7.69. The number of anilines is 1. The first-order valence-corrected chi connectivity index (χ1v) is 12.1. The van der Waals surface area contributed by atoms with Crippen LogP contribution in [0, 0.1) is 0 Å². The second-order valence-electron chi connectivity index (χ2n) is 10.2. The fourth-order valence-electron chi connectivity index (χ4n) is 5.37. The molecule has 0 spiro atoms. The van der Waals surface area contributed by atoms with Gasteiger partial charge in [0.15, 0.2) is 5.71 Å². The fraction of sp³-hybridized carbons (Fsp3) is 0.323. The maximum absolute atomic E-state index is 5.45. The highest BCUT2D eigenvalue weighted by atomic mass is 16.5. The van der Waals surface area contributed by atoms with Crippen LogP contribution in [-0.4, -0.2) is 38.6 Å². The Morgan fingerprint density at radius 3 is 2.06 bits per heavy atom. The van der Waals surface area contributed by atoms with Crippen molar-refractivity contribution in [3.05, 3.63) is 95.8 Å². The Bertz CT molecular complexity index is 1290. The van der Waals surface area contributed by atoms with E-state index in [1.165, 1.54) is 33.9 Å². The number of nitrogens with zero attached hydrogens (tertiary/aromatic N) is 2. The first-order chi connectivity index (χ1) is 16.6. The normalized spacial score (nSPS) is 19.4. The molecule has 2 heterocycles. The molecule has 0 aliphatic carbocycles. The van der Waals surface area contributed by atoms with Gasteiger partial charge in [0.1, 0.15) is 18.5 Å². The monoisotopic (exact) mass is 469 g/mol. The molecule has 4 rings (SSSR count). The number of methoxy groups -OCH3 is 2. The van der Waals surface area contributed by atoms with Gasteiger partial charge in [-0.3, -0.25) is 0 Å². The number of benzene rings is 2. The van der Waals surface area contributed by atoms with E-state index in [4.69, 9.17) is 9.47 Å². The molecule has 0 N–H and O–H groups in total. The predicted octanol–water partition coefficient (Wildman–Crippen LogP) is 6.69. The zero-order valence-corrected chi connectivity index (χ0v) is 22.2. The second-order valence-corrected chi connectivity index (χ2v) is 10.2. The van der Waals surface area contributed by atoms with Crippen molar-refractivity contribution in [1.82, 2.24) is 0 Å². The number of likely N-dealkylation sites (N-methyl/N-ethyl adjacent to an activating group) is 1. The smallest absolute Gasteiger partial charge is 0.209 e. The summed E-state index contributed by atoms with van der Waals surface area (Å²) in [5.41, 5.74) is 7.39. The Kier molecular flexibility index (Phi) is 6.50. The summed E-state index contributed by atoms with van der Waals surface area (Å²) >= 11 is 0. The van der Waals surface area contributed by atoms with Crippen molar-refractivity contribution in [1.29, 1.82) is 0 Å². The van der Waals surface area contributed by atoms with Crippen LogP contribution in [0.5, 0.6) is 11.5 Å². The van der Waals surface area contributed by atoms with Crippen molar-refractivity contribution in [2.75, 3.05) is 33.2 Å². The Morgan fingerprint density at radius 1 is 0.771 bits per heavy atom. The minimum absolute atomic E-state index is 0.0838. The van der Waals surface area contributed by atoms with Crippen molar-refractivity contribution in [2.45, 2.75) is 38.5 Å². The molecule has 35 heavy (non-hydrogen) atoms. The molecule has 0 fully saturated rings. The molecule has 4 heteroatoms. The highest BCUT2D eigenvalue weighted by Crippen LogP contribution is 2.48. The molecule has 0 atom stereocenters. The standard InChI is InChI=1S/C31H37N2O2/c1-30(2)24-20-22(34-7)16-18-26(24)32(5)28(30)14-12-10-9-11-13-15-29-31(3,4)25-21-23(35-8)17-19-27(25)33(29)6/h9-21H,1-8H3/q+1. The van der Waals surface area contributed by atoms with Crippen LogP contribution in [-0.2, 0) is 10.8 Å². The van der Waals surface area contributed by atoms with Crippen LogP contribution in [0.3, 0.4) is 0 Å². The molecule has 0 saturated carbocycles. The summed E-state index contributed by atoms with van der Waals surface area (Å²) in [5.74, 6) is 1.79. The SMILES string of the molecule is COc1ccc2c(c1)C(C)(C)C(/C=C/C=C/C=C/C=C1\N(C)c3ccc(OC)cc3C1(C)C)=[N+]2C. The van der Waals surface area contributed by atoms with Crippen LogP contribution < -0.4 is 14.4 Å². The van der Waals surface area contributed by atoms with Crippen molar-refractivity contribution < 1.29 is 14.0 Å². The topological polar surface area (TPSA) is 24.7 Å². The third-order valence-electron chi connectivity index (χ3n) is 7.43. The van der Waals surface area contributed by atoms with E-state index in [1.807, 2.05) is 12.1 Å². The number of rotatable bonds is 6. The molecular formula is C31H37N2O2+. The van der Waals surface area contributed by atoms with E-state index < -0.39 is 0 Å². The summed E-state index contributed by atoms with van der Waals surface area (Å²) in [4.78, 5) is 2.27. The molecule has 2 aromatic rings. The lowest BCUT2D eigenvalue weighted by atomic mass is 9.81. The molecule has 2 aromatic carbocycles. The largest absolute Gasteiger partial charge is 0.497 e. The molecule has 4 nitrogen and oxygen atoms in total. The van der Waals surface area contributed by atoms with Gasteiger partial charge in [-0.05, 0) is 55.8 Å². The third kappa shape index (κ3) is 4.22. The van der Waals surface area contributed by atoms with E-state index in [9.17, 15) is 0 Å². The minimum Gasteiger partial charge on any atom is -0.497 e. The van der Waals surface area contributed by atoms with E-state index in [1.54, 1.807) is 14.2 Å². The summed E-state index contributed by atoms with van der Waals surface area (Å²) in [6.45, 7) is 9.05. The zero-order chi connectivity index (χ0) is 25.4. The lowest BCUT2D eigenvalue weighted by Crippen LogP contribution is -2.26. The fourth-order valence-corrected chi connectivity index (χ4v) is 5.37. The van der Waals surface area contributed by atoms with Gasteiger partial charge in [-0.25, -0.2) is 0 Å². The number of hydrogen-bond acceptors (Lipinski definition) is 3. The van der Waals surface area contributed by atoms with Gasteiger partial charge in [-0.2, -0.15) is 4.58 Å². The Hall–Kier alpha value is -3.53. The zero-order valence-electron chi connectivity index (χ0n) is 22.2. The van der Waals surface area contributed by atoms with E-state index >= 15 is 0 Å². The van der Waals surface area contributed by atoms with Crippen LogP contribution >= 0.6 is 0 Å². The molecule has 0 aromatic heterocycles. The van der Waals surface area contributed by atoms with E-state index in [-0.39, 0.29) is 10.8 Å². The van der Waals surface area contributed by atoms with Crippen molar-refractivity contribution in [3.8, 4) is 11.5 Å². The quantitative estimate of drug-likeness (QED) is 0.348. The third-order valence-corrected chi connectivity index (χ3v) is 7.43. The summed E-state index contributed by atoms with van der Waals surface area (Å²) in [5, 5.41) is 0. The molecule has 0 saturated heterocycles.